The topological polar surface area (TPSA) is 12.0 Å². The van der Waals surface area contributed by atoms with Crippen molar-refractivity contribution < 1.29 is 0 Å². The summed E-state index contributed by atoms with van der Waals surface area (Å²) in [5.74, 6) is 4.26. The van der Waals surface area contributed by atoms with Crippen LogP contribution in [0.4, 0.5) is 0 Å². The molecule has 1 nitrogen and oxygen atoms in total. The van der Waals surface area contributed by atoms with E-state index in [0.717, 1.165) is 29.6 Å². The molecule has 2 aliphatic rings. The zero-order valence-electron chi connectivity index (χ0n) is 11.2. The first kappa shape index (κ1) is 12.2. The average molecular weight is 221 g/mol. The van der Waals surface area contributed by atoms with Crippen LogP contribution in [-0.2, 0) is 0 Å². The third-order valence-corrected chi connectivity index (χ3v) is 4.87. The van der Waals surface area contributed by atoms with E-state index in [1.807, 2.05) is 0 Å². The zero-order valence-corrected chi connectivity index (χ0v) is 11.2. The zero-order chi connectivity index (χ0) is 11.7. The molecule has 1 N–H and O–H groups in total. The maximum Gasteiger partial charge on any atom is 0.00729 e. The molecule has 0 aromatic rings. The highest BCUT2D eigenvalue weighted by Gasteiger charge is 2.38. The van der Waals surface area contributed by atoms with E-state index in [-0.39, 0.29) is 0 Å². The van der Waals surface area contributed by atoms with Gasteiger partial charge < -0.3 is 5.32 Å². The maximum atomic E-state index is 3.76. The molecule has 0 spiro atoms. The first-order valence-corrected chi connectivity index (χ1v) is 6.99. The van der Waals surface area contributed by atoms with Gasteiger partial charge in [0.1, 0.15) is 0 Å². The van der Waals surface area contributed by atoms with Crippen molar-refractivity contribution in [2.24, 2.45) is 29.6 Å². The van der Waals surface area contributed by atoms with Crippen LogP contribution in [0.3, 0.4) is 0 Å². The fraction of sp³-hybridized carbons (Fsp3) is 0.867. The first-order valence-electron chi connectivity index (χ1n) is 6.99. The molecule has 1 heteroatoms. The Balaban J connectivity index is 1.76. The molecule has 5 unspecified atom stereocenters. The second kappa shape index (κ2) is 4.91. The quantitative estimate of drug-likeness (QED) is 0.701. The Bertz CT molecular complexity index is 256. The molecule has 2 rings (SSSR count). The normalized spacial score (nSPS) is 35.9. The van der Waals surface area contributed by atoms with Gasteiger partial charge in [-0.3, -0.25) is 0 Å². The van der Waals surface area contributed by atoms with Crippen LogP contribution < -0.4 is 5.32 Å². The number of nitrogens with one attached hydrogen (secondary N) is 1. The lowest BCUT2D eigenvalue weighted by Gasteiger charge is -2.28. The molecule has 2 aliphatic carbocycles. The summed E-state index contributed by atoms with van der Waals surface area (Å²) in [7, 11) is 0. The second-order valence-electron chi connectivity index (χ2n) is 6.36. The van der Waals surface area contributed by atoms with Gasteiger partial charge in [0.15, 0.2) is 0 Å². The van der Waals surface area contributed by atoms with Crippen LogP contribution in [0.15, 0.2) is 12.2 Å². The fourth-order valence-corrected chi connectivity index (χ4v) is 3.16. The summed E-state index contributed by atoms with van der Waals surface area (Å²) in [6.07, 6.45) is 7.75. The van der Waals surface area contributed by atoms with E-state index in [0.29, 0.717) is 6.04 Å². The van der Waals surface area contributed by atoms with Crippen molar-refractivity contribution in [1.82, 2.24) is 5.32 Å². The molecule has 0 aromatic carbocycles. The average Bonchev–Trinajstić information content (AvgIpc) is 2.86. The van der Waals surface area contributed by atoms with Gasteiger partial charge in [0.05, 0.1) is 0 Å². The summed E-state index contributed by atoms with van der Waals surface area (Å²) in [6, 6.07) is 0.696. The van der Waals surface area contributed by atoms with Crippen molar-refractivity contribution in [3.8, 4) is 0 Å². The third-order valence-electron chi connectivity index (χ3n) is 4.87. The Morgan fingerprint density at radius 3 is 2.38 bits per heavy atom. The minimum absolute atomic E-state index is 0.696. The second-order valence-corrected chi connectivity index (χ2v) is 6.36. The molecule has 0 aliphatic heterocycles. The van der Waals surface area contributed by atoms with Crippen molar-refractivity contribution in [3.63, 3.8) is 0 Å². The van der Waals surface area contributed by atoms with Crippen LogP contribution >= 0.6 is 0 Å². The van der Waals surface area contributed by atoms with E-state index >= 15 is 0 Å². The molecule has 1 saturated carbocycles. The summed E-state index contributed by atoms with van der Waals surface area (Å²) in [5, 5.41) is 3.76. The lowest BCUT2D eigenvalue weighted by Crippen LogP contribution is -2.38. The lowest BCUT2D eigenvalue weighted by molar-refractivity contribution is 0.295. The van der Waals surface area contributed by atoms with Gasteiger partial charge in [-0.2, -0.15) is 0 Å². The predicted octanol–water partition coefficient (Wildman–Crippen LogP) is 3.47. The standard InChI is InChI=1S/C15H27N/c1-10(2)11(3)9-16-12(4)15-8-13-5-6-14(15)7-13/h5-6,10-16H,7-9H2,1-4H3. The summed E-state index contributed by atoms with van der Waals surface area (Å²) >= 11 is 0. The van der Waals surface area contributed by atoms with Gasteiger partial charge in [0.2, 0.25) is 0 Å². The van der Waals surface area contributed by atoms with Crippen LogP contribution in [-0.4, -0.2) is 12.6 Å². The number of fused-ring (bicyclic) bond motifs is 2. The van der Waals surface area contributed by atoms with Crippen molar-refractivity contribution >= 4 is 0 Å². The highest BCUT2D eigenvalue weighted by molar-refractivity contribution is 5.11. The molecule has 0 radical (unpaired) electrons. The lowest BCUT2D eigenvalue weighted by atomic mass is 9.87. The Morgan fingerprint density at radius 1 is 1.12 bits per heavy atom. The molecular weight excluding hydrogens is 194 g/mol. The molecule has 0 aromatic heterocycles. The van der Waals surface area contributed by atoms with Gasteiger partial charge in [0, 0.05) is 6.04 Å². The molecular formula is C15H27N. The number of hydrogen-bond acceptors (Lipinski definition) is 1. The highest BCUT2D eigenvalue weighted by atomic mass is 14.9. The summed E-state index contributed by atoms with van der Waals surface area (Å²) in [4.78, 5) is 0. The SMILES string of the molecule is CC(C)C(C)CNC(C)C1CC2C=CC1C2. The van der Waals surface area contributed by atoms with Crippen molar-refractivity contribution in [1.29, 1.82) is 0 Å². The summed E-state index contributed by atoms with van der Waals surface area (Å²) in [5.41, 5.74) is 0. The Kier molecular flexibility index (Phi) is 3.73. The smallest absolute Gasteiger partial charge is 0.00729 e. The molecule has 0 saturated heterocycles. The van der Waals surface area contributed by atoms with Crippen molar-refractivity contribution in [2.45, 2.75) is 46.6 Å². The largest absolute Gasteiger partial charge is 0.314 e. The third kappa shape index (κ3) is 2.51. The molecule has 16 heavy (non-hydrogen) atoms. The van der Waals surface area contributed by atoms with Crippen LogP contribution in [0.2, 0.25) is 0 Å². The van der Waals surface area contributed by atoms with E-state index in [4.69, 9.17) is 0 Å². The maximum absolute atomic E-state index is 3.76. The molecule has 92 valence electrons. The van der Waals surface area contributed by atoms with E-state index in [2.05, 4.69) is 45.2 Å². The Hall–Kier alpha value is -0.300. The Morgan fingerprint density at radius 2 is 1.88 bits per heavy atom. The van der Waals surface area contributed by atoms with Gasteiger partial charge in [-0.25, -0.2) is 0 Å². The van der Waals surface area contributed by atoms with Crippen LogP contribution in [0.25, 0.3) is 0 Å². The van der Waals surface area contributed by atoms with E-state index < -0.39 is 0 Å². The fourth-order valence-electron chi connectivity index (χ4n) is 3.16. The molecule has 0 amide bonds. The van der Waals surface area contributed by atoms with Crippen LogP contribution in [0, 0.1) is 29.6 Å². The van der Waals surface area contributed by atoms with Gasteiger partial charge >= 0.3 is 0 Å². The summed E-state index contributed by atoms with van der Waals surface area (Å²) < 4.78 is 0. The van der Waals surface area contributed by atoms with Gasteiger partial charge in [-0.05, 0) is 55.9 Å². The van der Waals surface area contributed by atoms with Crippen molar-refractivity contribution in [3.05, 3.63) is 12.2 Å². The van der Waals surface area contributed by atoms with Gasteiger partial charge in [0.25, 0.3) is 0 Å². The molecule has 1 fully saturated rings. The van der Waals surface area contributed by atoms with E-state index in [1.165, 1.54) is 19.4 Å². The first-order chi connectivity index (χ1) is 7.58. The molecule has 0 heterocycles. The highest BCUT2D eigenvalue weighted by Crippen LogP contribution is 2.44. The van der Waals surface area contributed by atoms with Gasteiger partial charge in [-0.15, -0.1) is 0 Å². The van der Waals surface area contributed by atoms with Crippen LogP contribution in [0.5, 0.6) is 0 Å². The van der Waals surface area contributed by atoms with E-state index in [1.54, 1.807) is 0 Å². The van der Waals surface area contributed by atoms with E-state index in [9.17, 15) is 0 Å². The number of hydrogen-bond donors (Lipinski definition) is 1. The van der Waals surface area contributed by atoms with Crippen LogP contribution in [0.1, 0.15) is 40.5 Å². The monoisotopic (exact) mass is 221 g/mol. The Labute approximate surface area is 101 Å². The molecule has 5 atom stereocenters. The molecule has 2 bridgehead atoms. The summed E-state index contributed by atoms with van der Waals surface area (Å²) in [6.45, 7) is 10.5. The minimum atomic E-state index is 0.696. The number of allylic oxidation sites excluding steroid dienone is 2. The minimum Gasteiger partial charge on any atom is -0.314 e. The van der Waals surface area contributed by atoms with Crippen molar-refractivity contribution in [2.75, 3.05) is 6.54 Å². The van der Waals surface area contributed by atoms with Gasteiger partial charge in [-0.1, -0.05) is 32.9 Å². The predicted molar refractivity (Wildman–Crippen MR) is 70.3 cm³/mol. The number of rotatable bonds is 5.